The first-order chi connectivity index (χ1) is 9.44. The number of hydrogen-bond donors (Lipinski definition) is 2. The topological polar surface area (TPSA) is 58.6 Å². The van der Waals surface area contributed by atoms with Crippen molar-refractivity contribution in [2.45, 2.75) is 19.4 Å². The highest BCUT2D eigenvalue weighted by Gasteiger charge is 2.23. The lowest BCUT2D eigenvalue weighted by Gasteiger charge is -2.25. The van der Waals surface area contributed by atoms with Crippen LogP contribution in [0.2, 0.25) is 0 Å². The minimum absolute atomic E-state index is 0.00816. The van der Waals surface area contributed by atoms with Crippen LogP contribution in [0.4, 0.5) is 0 Å². The lowest BCUT2D eigenvalue weighted by Crippen LogP contribution is -2.46. The van der Waals surface area contributed by atoms with Crippen molar-refractivity contribution >= 4 is 16.7 Å². The monoisotopic (exact) mass is 273 g/mol. The normalized spacial score (nSPS) is 11.6. The molecule has 4 nitrogen and oxygen atoms in total. The summed E-state index contributed by atoms with van der Waals surface area (Å²) >= 11 is 0. The van der Waals surface area contributed by atoms with Crippen molar-refractivity contribution in [2.75, 3.05) is 13.7 Å². The van der Waals surface area contributed by atoms with Gasteiger partial charge in [-0.15, -0.1) is 0 Å². The molecule has 0 aliphatic heterocycles. The third-order valence-corrected chi connectivity index (χ3v) is 3.10. The van der Waals surface area contributed by atoms with Gasteiger partial charge in [0.05, 0.1) is 17.7 Å². The summed E-state index contributed by atoms with van der Waals surface area (Å²) in [5.74, 6) is -0.302. The van der Waals surface area contributed by atoms with Crippen molar-refractivity contribution in [1.29, 1.82) is 0 Å². The Morgan fingerprint density at radius 3 is 2.65 bits per heavy atom. The minimum atomic E-state index is -0.496. The van der Waals surface area contributed by atoms with Crippen molar-refractivity contribution < 1.29 is 14.6 Å². The van der Waals surface area contributed by atoms with E-state index in [0.717, 1.165) is 5.39 Å². The molecule has 0 spiro atoms. The number of carbonyl (C=O) groups is 1. The first-order valence-electron chi connectivity index (χ1n) is 6.47. The van der Waals surface area contributed by atoms with Gasteiger partial charge < -0.3 is 15.2 Å². The van der Waals surface area contributed by atoms with Gasteiger partial charge >= 0.3 is 0 Å². The molecular weight excluding hydrogens is 254 g/mol. The summed E-state index contributed by atoms with van der Waals surface area (Å²) in [6.07, 6.45) is 0. The van der Waals surface area contributed by atoms with Gasteiger partial charge in [-0.2, -0.15) is 0 Å². The third kappa shape index (κ3) is 2.91. The Morgan fingerprint density at radius 1 is 1.25 bits per heavy atom. The number of phenolic OH excluding ortho intramolecular Hbond substituents is 1. The first-order valence-corrected chi connectivity index (χ1v) is 6.47. The van der Waals surface area contributed by atoms with E-state index in [0.29, 0.717) is 12.0 Å². The molecular formula is C16H19NO3. The Morgan fingerprint density at radius 2 is 1.95 bits per heavy atom. The van der Waals surface area contributed by atoms with E-state index in [9.17, 15) is 9.90 Å². The Balaban J connectivity index is 2.33. The molecule has 2 N–H and O–H groups in total. The summed E-state index contributed by atoms with van der Waals surface area (Å²) in [7, 11) is 1.58. The Kier molecular flexibility index (Phi) is 3.95. The van der Waals surface area contributed by atoms with Gasteiger partial charge in [-0.25, -0.2) is 0 Å². The molecule has 106 valence electrons. The molecule has 0 saturated heterocycles. The lowest BCUT2D eigenvalue weighted by molar-refractivity contribution is 0.0818. The summed E-state index contributed by atoms with van der Waals surface area (Å²) in [4.78, 5) is 12.3. The quantitative estimate of drug-likeness (QED) is 0.900. The first kappa shape index (κ1) is 14.3. The zero-order chi connectivity index (χ0) is 14.8. The molecule has 0 aliphatic carbocycles. The summed E-state index contributed by atoms with van der Waals surface area (Å²) in [5, 5.41) is 14.7. The zero-order valence-corrected chi connectivity index (χ0v) is 11.9. The van der Waals surface area contributed by atoms with E-state index >= 15 is 0 Å². The molecule has 0 bridgehead atoms. The number of phenols is 1. The summed E-state index contributed by atoms with van der Waals surface area (Å²) in [6.45, 7) is 4.13. The Bertz CT molecular complexity index is 635. The highest BCUT2D eigenvalue weighted by molar-refractivity contribution is 6.03. The smallest absolute Gasteiger partial charge is 0.255 e. The van der Waals surface area contributed by atoms with Crippen LogP contribution in [-0.4, -0.2) is 30.3 Å². The fraction of sp³-hybridized carbons (Fsp3) is 0.312. The fourth-order valence-corrected chi connectivity index (χ4v) is 2.21. The number of ether oxygens (including phenoxy) is 1. The van der Waals surface area contributed by atoms with Gasteiger partial charge in [0, 0.05) is 12.5 Å². The molecule has 0 fully saturated rings. The van der Waals surface area contributed by atoms with Gasteiger partial charge in [0.25, 0.3) is 5.91 Å². The molecule has 0 heterocycles. The van der Waals surface area contributed by atoms with Crippen LogP contribution in [0.15, 0.2) is 36.4 Å². The molecule has 2 rings (SSSR count). The fourth-order valence-electron chi connectivity index (χ4n) is 2.21. The molecule has 2 aromatic rings. The van der Waals surface area contributed by atoms with Gasteiger partial charge in [0.1, 0.15) is 5.75 Å². The van der Waals surface area contributed by atoms with Crippen molar-refractivity contribution in [1.82, 2.24) is 5.32 Å². The summed E-state index contributed by atoms with van der Waals surface area (Å²) in [5.41, 5.74) is -0.225. The van der Waals surface area contributed by atoms with Gasteiger partial charge in [-0.05, 0) is 25.3 Å². The number of nitrogens with one attached hydrogen (secondary N) is 1. The van der Waals surface area contributed by atoms with Crippen LogP contribution in [0.3, 0.4) is 0 Å². The number of methoxy groups -OCH3 is 1. The van der Waals surface area contributed by atoms with Gasteiger partial charge in [0.15, 0.2) is 0 Å². The van der Waals surface area contributed by atoms with E-state index < -0.39 is 5.54 Å². The molecule has 2 aromatic carbocycles. The minimum Gasteiger partial charge on any atom is -0.506 e. The largest absolute Gasteiger partial charge is 0.506 e. The second-order valence-corrected chi connectivity index (χ2v) is 5.45. The number of rotatable bonds is 4. The second-order valence-electron chi connectivity index (χ2n) is 5.45. The highest BCUT2D eigenvalue weighted by Crippen LogP contribution is 2.28. The van der Waals surface area contributed by atoms with Crippen LogP contribution in [-0.2, 0) is 4.74 Å². The van der Waals surface area contributed by atoms with Gasteiger partial charge in [0.2, 0.25) is 0 Å². The maximum Gasteiger partial charge on any atom is 0.255 e. The molecule has 20 heavy (non-hydrogen) atoms. The number of carbonyl (C=O) groups excluding carboxylic acids is 1. The number of amides is 1. The summed E-state index contributed by atoms with van der Waals surface area (Å²) < 4.78 is 5.07. The molecule has 0 aromatic heterocycles. The maximum atomic E-state index is 12.3. The van der Waals surface area contributed by atoms with Crippen molar-refractivity contribution in [3.63, 3.8) is 0 Å². The molecule has 0 aliphatic rings. The van der Waals surface area contributed by atoms with Crippen LogP contribution in [0.25, 0.3) is 10.8 Å². The predicted molar refractivity (Wildman–Crippen MR) is 79.0 cm³/mol. The van der Waals surface area contributed by atoms with Crippen molar-refractivity contribution in [3.8, 4) is 5.75 Å². The molecule has 4 heteroatoms. The molecule has 0 radical (unpaired) electrons. The second kappa shape index (κ2) is 5.51. The standard InChI is InChI=1S/C16H19NO3/c1-16(2,10-20-3)17-15(19)13-9-8-11-6-4-5-7-12(11)14(13)18/h4-9,18H,10H2,1-3H3,(H,17,19). The zero-order valence-electron chi connectivity index (χ0n) is 11.9. The molecule has 0 saturated carbocycles. The SMILES string of the molecule is COCC(C)(C)NC(=O)c1ccc2ccccc2c1O. The average molecular weight is 273 g/mol. The molecule has 0 atom stereocenters. The predicted octanol–water partition coefficient (Wildman–Crippen LogP) is 2.70. The van der Waals surface area contributed by atoms with E-state index in [4.69, 9.17) is 4.74 Å². The van der Waals surface area contributed by atoms with E-state index in [1.807, 2.05) is 38.1 Å². The van der Waals surface area contributed by atoms with E-state index in [-0.39, 0.29) is 17.2 Å². The van der Waals surface area contributed by atoms with E-state index in [1.165, 1.54) is 0 Å². The third-order valence-electron chi connectivity index (χ3n) is 3.10. The van der Waals surface area contributed by atoms with Crippen molar-refractivity contribution in [2.24, 2.45) is 0 Å². The van der Waals surface area contributed by atoms with Crippen LogP contribution in [0, 0.1) is 0 Å². The van der Waals surface area contributed by atoms with E-state index in [1.54, 1.807) is 19.2 Å². The number of hydrogen-bond acceptors (Lipinski definition) is 3. The number of aromatic hydroxyl groups is 1. The summed E-state index contributed by atoms with van der Waals surface area (Å²) in [6, 6.07) is 10.9. The number of fused-ring (bicyclic) bond motifs is 1. The van der Waals surface area contributed by atoms with Gasteiger partial charge in [-0.3, -0.25) is 4.79 Å². The maximum absolute atomic E-state index is 12.3. The van der Waals surface area contributed by atoms with Gasteiger partial charge in [-0.1, -0.05) is 30.3 Å². The van der Waals surface area contributed by atoms with Crippen LogP contribution in [0.1, 0.15) is 24.2 Å². The van der Waals surface area contributed by atoms with E-state index in [2.05, 4.69) is 5.32 Å². The van der Waals surface area contributed by atoms with Crippen LogP contribution < -0.4 is 5.32 Å². The molecule has 0 unspecified atom stereocenters. The average Bonchev–Trinajstić information content (AvgIpc) is 2.38. The number of benzene rings is 2. The Hall–Kier alpha value is -2.07. The highest BCUT2D eigenvalue weighted by atomic mass is 16.5. The molecule has 1 amide bonds. The van der Waals surface area contributed by atoms with Crippen LogP contribution >= 0.6 is 0 Å². The van der Waals surface area contributed by atoms with Crippen LogP contribution in [0.5, 0.6) is 5.75 Å². The Labute approximate surface area is 118 Å². The lowest BCUT2D eigenvalue weighted by atomic mass is 10.0. The van der Waals surface area contributed by atoms with Crippen molar-refractivity contribution in [3.05, 3.63) is 42.0 Å².